The topological polar surface area (TPSA) is 68.6 Å². The summed E-state index contributed by atoms with van der Waals surface area (Å²) < 4.78 is 12.9. The van der Waals surface area contributed by atoms with Gasteiger partial charge in [0.2, 0.25) is 0 Å². The Kier molecular flexibility index (Phi) is 3.99. The van der Waals surface area contributed by atoms with E-state index in [0.717, 1.165) is 17.1 Å². The van der Waals surface area contributed by atoms with Gasteiger partial charge in [0.25, 0.3) is 0 Å². The minimum atomic E-state index is -0.160. The number of nitrogens with zero attached hydrogens (tertiary/aromatic N) is 3. The van der Waals surface area contributed by atoms with Crippen LogP contribution in [0.25, 0.3) is 0 Å². The van der Waals surface area contributed by atoms with Crippen molar-refractivity contribution in [3.05, 3.63) is 35.5 Å². The van der Waals surface area contributed by atoms with Crippen LogP contribution in [0.4, 0.5) is 10.6 Å². The summed E-state index contributed by atoms with van der Waals surface area (Å²) in [4.78, 5) is 14.4. The molecule has 1 fully saturated rings. The maximum atomic E-state index is 12.6. The minimum absolute atomic E-state index is 0.160. The van der Waals surface area contributed by atoms with Crippen molar-refractivity contribution in [3.63, 3.8) is 0 Å². The fourth-order valence-electron chi connectivity index (χ4n) is 3.14. The Balaban J connectivity index is 1.47. The number of hydrogen-bond acceptors (Lipinski definition) is 4. The first-order valence-corrected chi connectivity index (χ1v) is 8.53. The number of carbonyl (C=O) groups excluding carboxylic acids is 1. The number of rotatable bonds is 3. The standard InChI is InChI=1S/C18H22N4O3/c1-21-15(12-3-4-12)10-17(20-21)19-18(23)22-7-8-25-16-9-14(24-2)6-5-13(16)11-22/h5-6,9-10,12H,3-4,7-8,11H2,1-2H3,(H,19,20,23). The second-order valence-electron chi connectivity index (χ2n) is 6.53. The van der Waals surface area contributed by atoms with E-state index in [4.69, 9.17) is 9.47 Å². The molecular weight excluding hydrogens is 320 g/mol. The fourth-order valence-corrected chi connectivity index (χ4v) is 3.14. The van der Waals surface area contributed by atoms with E-state index in [0.29, 0.717) is 31.4 Å². The lowest BCUT2D eigenvalue weighted by Gasteiger charge is -2.19. The van der Waals surface area contributed by atoms with Gasteiger partial charge in [-0.15, -0.1) is 0 Å². The van der Waals surface area contributed by atoms with E-state index in [2.05, 4.69) is 10.4 Å². The SMILES string of the molecule is COc1ccc2c(c1)OCCN(C(=O)Nc1cc(C3CC3)n(C)n1)C2. The fraction of sp³-hybridized carbons (Fsp3) is 0.444. The first-order chi connectivity index (χ1) is 12.1. The molecule has 4 rings (SSSR count). The van der Waals surface area contributed by atoms with Crippen molar-refractivity contribution in [1.82, 2.24) is 14.7 Å². The van der Waals surface area contributed by atoms with Crippen molar-refractivity contribution in [2.75, 3.05) is 25.6 Å². The summed E-state index contributed by atoms with van der Waals surface area (Å²) in [5.41, 5.74) is 2.15. The number of amides is 2. The average molecular weight is 342 g/mol. The number of aromatic nitrogens is 2. The van der Waals surface area contributed by atoms with Gasteiger partial charge in [-0.25, -0.2) is 4.79 Å². The number of ether oxygens (including phenoxy) is 2. The summed E-state index contributed by atoms with van der Waals surface area (Å²) in [5, 5.41) is 7.32. The second-order valence-corrected chi connectivity index (χ2v) is 6.53. The highest BCUT2D eigenvalue weighted by molar-refractivity contribution is 5.88. The van der Waals surface area contributed by atoms with E-state index in [9.17, 15) is 4.79 Å². The third kappa shape index (κ3) is 3.26. The number of carbonyl (C=O) groups is 1. The van der Waals surface area contributed by atoms with Crippen molar-refractivity contribution in [3.8, 4) is 11.5 Å². The van der Waals surface area contributed by atoms with Gasteiger partial charge >= 0.3 is 6.03 Å². The summed E-state index contributed by atoms with van der Waals surface area (Å²) in [6.45, 7) is 1.46. The van der Waals surface area contributed by atoms with Crippen LogP contribution in [0.1, 0.15) is 30.0 Å². The van der Waals surface area contributed by atoms with Crippen LogP contribution >= 0.6 is 0 Å². The quantitative estimate of drug-likeness (QED) is 0.931. The average Bonchev–Trinajstić information content (AvgIpc) is 3.40. The molecule has 0 spiro atoms. The molecule has 1 aliphatic carbocycles. The maximum absolute atomic E-state index is 12.6. The molecule has 2 heterocycles. The predicted molar refractivity (Wildman–Crippen MR) is 93.1 cm³/mol. The van der Waals surface area contributed by atoms with Crippen LogP contribution in [0, 0.1) is 0 Å². The zero-order valence-electron chi connectivity index (χ0n) is 14.5. The second kappa shape index (κ2) is 6.31. The Morgan fingerprint density at radius 1 is 1.36 bits per heavy atom. The molecule has 25 heavy (non-hydrogen) atoms. The van der Waals surface area contributed by atoms with E-state index in [1.807, 2.05) is 36.0 Å². The number of aryl methyl sites for hydroxylation is 1. The Bertz CT molecular complexity index is 798. The molecule has 1 aromatic heterocycles. The van der Waals surface area contributed by atoms with E-state index < -0.39 is 0 Å². The Morgan fingerprint density at radius 3 is 2.96 bits per heavy atom. The zero-order chi connectivity index (χ0) is 17.4. The summed E-state index contributed by atoms with van der Waals surface area (Å²) in [6, 6.07) is 7.49. The maximum Gasteiger partial charge on any atom is 0.323 e. The van der Waals surface area contributed by atoms with Crippen LogP contribution in [-0.2, 0) is 13.6 Å². The van der Waals surface area contributed by atoms with Crippen molar-refractivity contribution < 1.29 is 14.3 Å². The Labute approximate surface area is 146 Å². The van der Waals surface area contributed by atoms with Crippen LogP contribution in [0.15, 0.2) is 24.3 Å². The molecular formula is C18H22N4O3. The van der Waals surface area contributed by atoms with Gasteiger partial charge in [0, 0.05) is 36.4 Å². The lowest BCUT2D eigenvalue weighted by Crippen LogP contribution is -2.36. The lowest BCUT2D eigenvalue weighted by molar-refractivity contribution is 0.200. The molecule has 2 amide bonds. The summed E-state index contributed by atoms with van der Waals surface area (Å²) in [6.07, 6.45) is 2.41. The largest absolute Gasteiger partial charge is 0.497 e. The van der Waals surface area contributed by atoms with Gasteiger partial charge in [-0.05, 0) is 25.0 Å². The number of hydrogen-bond donors (Lipinski definition) is 1. The molecule has 1 saturated carbocycles. The van der Waals surface area contributed by atoms with Crippen molar-refractivity contribution in [2.45, 2.75) is 25.3 Å². The Morgan fingerprint density at radius 2 is 2.20 bits per heavy atom. The first kappa shape index (κ1) is 15.8. The van der Waals surface area contributed by atoms with Gasteiger partial charge < -0.3 is 14.4 Å². The predicted octanol–water partition coefficient (Wildman–Crippen LogP) is 2.73. The van der Waals surface area contributed by atoms with Gasteiger partial charge in [0.05, 0.1) is 20.2 Å². The number of nitrogens with one attached hydrogen (secondary N) is 1. The third-order valence-electron chi connectivity index (χ3n) is 4.69. The zero-order valence-corrected chi connectivity index (χ0v) is 14.5. The van der Waals surface area contributed by atoms with E-state index in [1.165, 1.54) is 18.5 Å². The number of anilines is 1. The highest BCUT2D eigenvalue weighted by Crippen LogP contribution is 2.40. The number of fused-ring (bicyclic) bond motifs is 1. The van der Waals surface area contributed by atoms with Crippen LogP contribution in [0.5, 0.6) is 11.5 Å². The number of methoxy groups -OCH3 is 1. The molecule has 0 saturated heterocycles. The van der Waals surface area contributed by atoms with Crippen LogP contribution in [0.2, 0.25) is 0 Å². The monoisotopic (exact) mass is 342 g/mol. The van der Waals surface area contributed by atoms with Gasteiger partial charge in [-0.1, -0.05) is 0 Å². The summed E-state index contributed by atoms with van der Waals surface area (Å²) in [5.74, 6) is 2.72. The van der Waals surface area contributed by atoms with E-state index in [-0.39, 0.29) is 6.03 Å². The normalized spacial score (nSPS) is 16.6. The van der Waals surface area contributed by atoms with Crippen molar-refractivity contribution >= 4 is 11.8 Å². The van der Waals surface area contributed by atoms with Crippen LogP contribution in [0.3, 0.4) is 0 Å². The van der Waals surface area contributed by atoms with E-state index >= 15 is 0 Å². The molecule has 1 N–H and O–H groups in total. The van der Waals surface area contributed by atoms with E-state index in [1.54, 1.807) is 12.0 Å². The molecule has 0 atom stereocenters. The molecule has 0 bridgehead atoms. The van der Waals surface area contributed by atoms with Gasteiger partial charge in [0.1, 0.15) is 18.1 Å². The van der Waals surface area contributed by atoms with Gasteiger partial charge in [0.15, 0.2) is 5.82 Å². The van der Waals surface area contributed by atoms with Crippen molar-refractivity contribution in [1.29, 1.82) is 0 Å². The highest BCUT2D eigenvalue weighted by atomic mass is 16.5. The molecule has 7 nitrogen and oxygen atoms in total. The number of urea groups is 1. The Hall–Kier alpha value is -2.70. The smallest absolute Gasteiger partial charge is 0.323 e. The molecule has 2 aromatic rings. The van der Waals surface area contributed by atoms with Gasteiger partial charge in [-0.2, -0.15) is 5.10 Å². The van der Waals surface area contributed by atoms with Gasteiger partial charge in [-0.3, -0.25) is 10.00 Å². The number of benzene rings is 1. The molecule has 2 aliphatic rings. The molecule has 7 heteroatoms. The molecule has 0 radical (unpaired) electrons. The van der Waals surface area contributed by atoms with Crippen LogP contribution in [-0.4, -0.2) is 41.0 Å². The first-order valence-electron chi connectivity index (χ1n) is 8.53. The molecule has 132 valence electrons. The molecule has 1 aromatic carbocycles. The molecule has 1 aliphatic heterocycles. The third-order valence-corrected chi connectivity index (χ3v) is 4.69. The lowest BCUT2D eigenvalue weighted by atomic mass is 10.2. The summed E-state index contributed by atoms with van der Waals surface area (Å²) >= 11 is 0. The highest BCUT2D eigenvalue weighted by Gasteiger charge is 2.28. The minimum Gasteiger partial charge on any atom is -0.497 e. The van der Waals surface area contributed by atoms with Crippen molar-refractivity contribution in [2.24, 2.45) is 7.05 Å². The molecule has 0 unspecified atom stereocenters. The summed E-state index contributed by atoms with van der Waals surface area (Å²) in [7, 11) is 3.55. The van der Waals surface area contributed by atoms with Crippen LogP contribution < -0.4 is 14.8 Å².